The Balaban J connectivity index is 2.20. The van der Waals surface area contributed by atoms with Gasteiger partial charge in [-0.3, -0.25) is 4.79 Å². The predicted octanol–water partition coefficient (Wildman–Crippen LogP) is 7.08. The van der Waals surface area contributed by atoms with Crippen LogP contribution in [0.25, 0.3) is 5.70 Å². The zero-order valence-corrected chi connectivity index (χ0v) is 23.2. The van der Waals surface area contributed by atoms with Gasteiger partial charge in [0.25, 0.3) is 0 Å². The van der Waals surface area contributed by atoms with Gasteiger partial charge in [0.05, 0.1) is 24.6 Å². The summed E-state index contributed by atoms with van der Waals surface area (Å²) in [6, 6.07) is 12.4. The molecule has 0 saturated heterocycles. The van der Waals surface area contributed by atoms with Gasteiger partial charge >= 0.3 is 0 Å². The summed E-state index contributed by atoms with van der Waals surface area (Å²) < 4.78 is 5.98. The molecule has 0 bridgehead atoms. The van der Waals surface area contributed by atoms with E-state index < -0.39 is 0 Å². The molecule has 0 radical (unpaired) electrons. The fraction of sp³-hybridized carbons (Fsp3) is 0.312. The Morgan fingerprint density at radius 2 is 1.95 bits per heavy atom. The number of carbonyl (C=O) groups excluding carboxylic acids is 2. The molecule has 200 valence electrons. The molecule has 38 heavy (non-hydrogen) atoms. The molecule has 1 N–H and O–H groups in total. The average Bonchev–Trinajstić information content (AvgIpc) is 2.88. The fourth-order valence-electron chi connectivity index (χ4n) is 4.87. The number of Topliss-reactive ketones (excluding diaryl/α,β-unsaturated/α-hetero) is 1. The van der Waals surface area contributed by atoms with E-state index in [1.54, 1.807) is 24.3 Å². The minimum absolute atomic E-state index is 0.0426. The van der Waals surface area contributed by atoms with Crippen molar-refractivity contribution in [3.63, 3.8) is 0 Å². The van der Waals surface area contributed by atoms with E-state index in [9.17, 15) is 14.7 Å². The maximum atomic E-state index is 12.1. The number of rotatable bonds is 11. The van der Waals surface area contributed by atoms with Gasteiger partial charge in [-0.15, -0.1) is 11.6 Å². The van der Waals surface area contributed by atoms with Crippen LogP contribution in [0.2, 0.25) is 0 Å². The van der Waals surface area contributed by atoms with Crippen molar-refractivity contribution in [2.75, 3.05) is 13.2 Å². The van der Waals surface area contributed by atoms with Gasteiger partial charge in [0.15, 0.2) is 5.78 Å². The van der Waals surface area contributed by atoms with E-state index in [4.69, 9.17) is 16.3 Å². The second kappa shape index (κ2) is 13.8. The molecule has 3 atom stereocenters. The van der Waals surface area contributed by atoms with Gasteiger partial charge in [-0.05, 0) is 62.6 Å². The van der Waals surface area contributed by atoms with Crippen LogP contribution < -0.4 is 4.74 Å². The first-order valence-corrected chi connectivity index (χ1v) is 13.4. The minimum atomic E-state index is -0.209. The number of aldehydes is 1. The Morgan fingerprint density at radius 1 is 1.21 bits per heavy atom. The zero-order chi connectivity index (χ0) is 27.7. The van der Waals surface area contributed by atoms with Gasteiger partial charge in [0.1, 0.15) is 17.8 Å². The molecular formula is C32H36ClNO4. The van der Waals surface area contributed by atoms with Gasteiger partial charge in [0, 0.05) is 22.7 Å². The third-order valence-corrected chi connectivity index (χ3v) is 7.00. The molecule has 2 aromatic carbocycles. The van der Waals surface area contributed by atoms with Crippen molar-refractivity contribution in [2.24, 2.45) is 0 Å². The van der Waals surface area contributed by atoms with Crippen LogP contribution in [0.3, 0.4) is 0 Å². The summed E-state index contributed by atoms with van der Waals surface area (Å²) in [5, 5.41) is 9.71. The van der Waals surface area contributed by atoms with Crippen molar-refractivity contribution < 1.29 is 19.4 Å². The number of hydrogen-bond acceptors (Lipinski definition) is 5. The largest absolute Gasteiger partial charge is 0.508 e. The quantitative estimate of drug-likeness (QED) is 0.145. The highest BCUT2D eigenvalue weighted by Crippen LogP contribution is 2.38. The van der Waals surface area contributed by atoms with Crippen LogP contribution in [0.15, 0.2) is 84.5 Å². The molecule has 0 saturated carbocycles. The van der Waals surface area contributed by atoms with Gasteiger partial charge in [-0.2, -0.15) is 0 Å². The Labute approximate surface area is 230 Å². The molecular weight excluding hydrogens is 498 g/mol. The highest BCUT2D eigenvalue weighted by atomic mass is 35.5. The number of ether oxygens (including phenoxy) is 1. The summed E-state index contributed by atoms with van der Waals surface area (Å²) >= 11 is 6.31. The third-order valence-electron chi connectivity index (χ3n) is 6.70. The molecule has 0 heterocycles. The minimum Gasteiger partial charge on any atom is -0.508 e. The van der Waals surface area contributed by atoms with Crippen LogP contribution in [-0.4, -0.2) is 46.6 Å². The predicted molar refractivity (Wildman–Crippen MR) is 155 cm³/mol. The summed E-state index contributed by atoms with van der Waals surface area (Å²) in [6.07, 6.45) is 13.5. The van der Waals surface area contributed by atoms with Crippen LogP contribution in [0, 0.1) is 0 Å². The molecule has 5 nitrogen and oxygen atoms in total. The van der Waals surface area contributed by atoms with Crippen LogP contribution in [0.5, 0.6) is 11.5 Å². The summed E-state index contributed by atoms with van der Waals surface area (Å²) in [6.45, 7) is 8.09. The van der Waals surface area contributed by atoms with Crippen LogP contribution >= 0.6 is 11.6 Å². The van der Waals surface area contributed by atoms with E-state index in [0.717, 1.165) is 28.7 Å². The fourth-order valence-corrected chi connectivity index (χ4v) is 5.06. The lowest BCUT2D eigenvalue weighted by atomic mass is 9.84. The molecule has 0 amide bonds. The number of carbonyl (C=O) groups is 2. The van der Waals surface area contributed by atoms with Crippen LogP contribution in [0.1, 0.15) is 61.5 Å². The number of nitrogens with zero attached hydrogens (tertiary/aromatic N) is 1. The topological polar surface area (TPSA) is 66.8 Å². The van der Waals surface area contributed by atoms with Crippen molar-refractivity contribution in [3.8, 4) is 11.5 Å². The number of aromatic hydroxyl groups is 1. The second-order valence-corrected chi connectivity index (χ2v) is 9.73. The Hall–Kier alpha value is -3.57. The van der Waals surface area contributed by atoms with Crippen molar-refractivity contribution in [2.45, 2.75) is 51.5 Å². The Kier molecular flexibility index (Phi) is 10.5. The molecule has 3 unspecified atom stereocenters. The molecule has 1 aliphatic rings. The lowest BCUT2D eigenvalue weighted by molar-refractivity contribution is -0.108. The lowest BCUT2D eigenvalue weighted by Crippen LogP contribution is -2.40. The number of allylic oxidation sites excluding steroid dienone is 6. The Morgan fingerprint density at radius 3 is 2.58 bits per heavy atom. The number of ketones is 1. The molecule has 0 aliphatic heterocycles. The lowest BCUT2D eigenvalue weighted by Gasteiger charge is -2.40. The van der Waals surface area contributed by atoms with E-state index in [1.165, 1.54) is 6.92 Å². The van der Waals surface area contributed by atoms with Crippen LogP contribution in [0.4, 0.5) is 0 Å². The van der Waals surface area contributed by atoms with Crippen molar-refractivity contribution in [1.29, 1.82) is 0 Å². The molecule has 1 aliphatic carbocycles. The first kappa shape index (κ1) is 29.0. The third kappa shape index (κ3) is 7.05. The van der Waals surface area contributed by atoms with Crippen molar-refractivity contribution in [1.82, 2.24) is 4.90 Å². The van der Waals surface area contributed by atoms with E-state index in [0.29, 0.717) is 24.3 Å². The monoisotopic (exact) mass is 533 g/mol. The number of alkyl halides is 1. The SMILES string of the molecule is CC=C(c1ccc(C(C)=O)cc1OCC)N(CC=O)C(/C1=C/C=CC(Cl)/C=C\C1)C(C)c1ccc(O)cc1. The number of halogens is 1. The van der Waals surface area contributed by atoms with Crippen LogP contribution in [-0.2, 0) is 4.79 Å². The van der Waals surface area contributed by atoms with Crippen molar-refractivity contribution in [3.05, 3.63) is 101 Å². The molecule has 6 heteroatoms. The van der Waals surface area contributed by atoms with E-state index in [-0.39, 0.29) is 35.4 Å². The summed E-state index contributed by atoms with van der Waals surface area (Å²) in [5.41, 5.74) is 4.35. The number of phenolic OH excluding ortho intramolecular Hbond substituents is 1. The highest BCUT2D eigenvalue weighted by molar-refractivity contribution is 6.23. The summed E-state index contributed by atoms with van der Waals surface area (Å²) in [7, 11) is 0. The smallest absolute Gasteiger partial charge is 0.159 e. The van der Waals surface area contributed by atoms with Gasteiger partial charge < -0.3 is 19.5 Å². The summed E-state index contributed by atoms with van der Waals surface area (Å²) in [5.74, 6) is 0.708. The number of hydrogen-bond donors (Lipinski definition) is 1. The zero-order valence-electron chi connectivity index (χ0n) is 22.4. The molecule has 3 rings (SSSR count). The molecule has 2 aromatic rings. The van der Waals surface area contributed by atoms with Gasteiger partial charge in [-0.25, -0.2) is 0 Å². The van der Waals surface area contributed by atoms with Gasteiger partial charge in [0.2, 0.25) is 0 Å². The standard InChI is InChI=1S/C32H36ClNO4/c1-5-30(29-18-15-26(23(4)36)21-31(29)38-6-2)34(19-20-35)32(22(3)24-13-16-28(37)17-14-24)25-9-7-11-27(33)12-8-10-25/h5,7-9,11-18,20-22,27,32,37H,6,10,19H2,1-4H3/b11-7?,12-8-,25-9+,30-5?. The van der Waals surface area contributed by atoms with Gasteiger partial charge in [-0.1, -0.05) is 61.6 Å². The molecule has 0 spiro atoms. The maximum absolute atomic E-state index is 12.1. The molecule has 0 fully saturated rings. The molecule has 0 aromatic heterocycles. The van der Waals surface area contributed by atoms with E-state index in [2.05, 4.69) is 24.0 Å². The number of phenols is 1. The van der Waals surface area contributed by atoms with E-state index in [1.807, 2.05) is 56.4 Å². The highest BCUT2D eigenvalue weighted by Gasteiger charge is 2.31. The number of benzene rings is 2. The first-order chi connectivity index (χ1) is 18.3. The Bertz CT molecular complexity index is 1240. The normalized spacial score (nSPS) is 19.3. The summed E-state index contributed by atoms with van der Waals surface area (Å²) in [4.78, 5) is 26.3. The average molecular weight is 534 g/mol. The second-order valence-electron chi connectivity index (χ2n) is 9.22. The first-order valence-electron chi connectivity index (χ1n) is 12.9. The maximum Gasteiger partial charge on any atom is 0.159 e. The van der Waals surface area contributed by atoms with Crippen molar-refractivity contribution >= 4 is 29.4 Å². The van der Waals surface area contributed by atoms with E-state index >= 15 is 0 Å².